The number of aromatic amines is 1. The van der Waals surface area contributed by atoms with Crippen LogP contribution in [0.5, 0.6) is 0 Å². The molecule has 1 aromatic heterocycles. The summed E-state index contributed by atoms with van der Waals surface area (Å²) in [4.78, 5) is 13.3. The van der Waals surface area contributed by atoms with Gasteiger partial charge in [0, 0.05) is 10.9 Å². The highest BCUT2D eigenvalue weighted by molar-refractivity contribution is 14.1. The minimum absolute atomic E-state index is 0.0707. The third-order valence-corrected chi connectivity index (χ3v) is 2.72. The summed E-state index contributed by atoms with van der Waals surface area (Å²) in [6.45, 7) is 0. The number of hydrogen-bond donors (Lipinski definition) is 2. The SMILES string of the molecule is O=C(O)c1cc2cc(F)c(I)cc2[nH]1. The Kier molecular flexibility index (Phi) is 2.18. The topological polar surface area (TPSA) is 53.1 Å². The van der Waals surface area contributed by atoms with Crippen molar-refractivity contribution in [2.75, 3.05) is 0 Å². The van der Waals surface area contributed by atoms with Gasteiger partial charge in [-0.15, -0.1) is 0 Å². The van der Waals surface area contributed by atoms with Gasteiger partial charge in [0.25, 0.3) is 0 Å². The molecule has 1 heterocycles. The van der Waals surface area contributed by atoms with Crippen molar-refractivity contribution in [1.29, 1.82) is 0 Å². The van der Waals surface area contributed by atoms with Gasteiger partial charge in [-0.3, -0.25) is 0 Å². The smallest absolute Gasteiger partial charge is 0.352 e. The third kappa shape index (κ3) is 1.47. The third-order valence-electron chi connectivity index (χ3n) is 1.89. The number of carbonyl (C=O) groups is 1. The first-order chi connectivity index (χ1) is 6.58. The van der Waals surface area contributed by atoms with E-state index in [0.29, 0.717) is 14.5 Å². The molecule has 2 aromatic rings. The Hall–Kier alpha value is -1.11. The Balaban J connectivity index is 2.72. The van der Waals surface area contributed by atoms with Crippen molar-refractivity contribution in [2.24, 2.45) is 0 Å². The minimum atomic E-state index is -1.04. The van der Waals surface area contributed by atoms with E-state index in [1.54, 1.807) is 6.07 Å². The number of rotatable bonds is 1. The first kappa shape index (κ1) is 9.45. The fourth-order valence-electron chi connectivity index (χ4n) is 1.24. The van der Waals surface area contributed by atoms with Crippen LogP contribution in [0.25, 0.3) is 10.9 Å². The van der Waals surface area contributed by atoms with Gasteiger partial charge in [0.15, 0.2) is 0 Å². The highest BCUT2D eigenvalue weighted by Gasteiger charge is 2.09. The summed E-state index contributed by atoms with van der Waals surface area (Å²) in [6, 6.07) is 4.31. The summed E-state index contributed by atoms with van der Waals surface area (Å²) in [7, 11) is 0. The maximum Gasteiger partial charge on any atom is 0.352 e. The first-order valence-electron chi connectivity index (χ1n) is 3.79. The lowest BCUT2D eigenvalue weighted by Crippen LogP contribution is -1.94. The lowest BCUT2D eigenvalue weighted by Gasteiger charge is -1.93. The zero-order valence-corrected chi connectivity index (χ0v) is 9.00. The Morgan fingerprint density at radius 1 is 1.43 bits per heavy atom. The molecule has 2 rings (SSSR count). The van der Waals surface area contributed by atoms with E-state index in [-0.39, 0.29) is 11.5 Å². The monoisotopic (exact) mass is 305 g/mol. The quantitative estimate of drug-likeness (QED) is 0.796. The molecule has 0 fully saturated rings. The zero-order valence-electron chi connectivity index (χ0n) is 6.84. The Morgan fingerprint density at radius 2 is 2.14 bits per heavy atom. The number of nitrogens with one attached hydrogen (secondary N) is 1. The van der Waals surface area contributed by atoms with Gasteiger partial charge in [0.1, 0.15) is 11.5 Å². The molecule has 72 valence electrons. The number of carboxylic acids is 1. The highest BCUT2D eigenvalue weighted by atomic mass is 127. The molecule has 0 unspecified atom stereocenters. The lowest BCUT2D eigenvalue weighted by atomic mass is 10.2. The van der Waals surface area contributed by atoms with Crippen LogP contribution in [0.15, 0.2) is 18.2 Å². The van der Waals surface area contributed by atoms with Gasteiger partial charge < -0.3 is 10.1 Å². The van der Waals surface area contributed by atoms with Crippen molar-refractivity contribution in [3.05, 3.63) is 33.3 Å². The van der Waals surface area contributed by atoms with Gasteiger partial charge in [0.05, 0.1) is 3.57 Å². The predicted molar refractivity (Wildman–Crippen MR) is 57.9 cm³/mol. The van der Waals surface area contributed by atoms with Crippen LogP contribution in [0, 0.1) is 9.39 Å². The number of benzene rings is 1. The van der Waals surface area contributed by atoms with Crippen LogP contribution < -0.4 is 0 Å². The van der Waals surface area contributed by atoms with Crippen molar-refractivity contribution in [3.63, 3.8) is 0 Å². The molecule has 0 spiro atoms. The number of carboxylic acid groups (broad SMARTS) is 1. The van der Waals surface area contributed by atoms with Crippen LogP contribution in [-0.4, -0.2) is 16.1 Å². The second kappa shape index (κ2) is 3.23. The van der Waals surface area contributed by atoms with E-state index < -0.39 is 5.97 Å². The fourth-order valence-corrected chi connectivity index (χ4v) is 1.71. The minimum Gasteiger partial charge on any atom is -0.477 e. The first-order valence-corrected chi connectivity index (χ1v) is 4.87. The molecule has 0 aliphatic rings. The summed E-state index contributed by atoms with van der Waals surface area (Å²) < 4.78 is 13.6. The Morgan fingerprint density at radius 3 is 2.79 bits per heavy atom. The molecular formula is C9H5FINO2. The van der Waals surface area contributed by atoms with Crippen LogP contribution in [-0.2, 0) is 0 Å². The van der Waals surface area contributed by atoms with Crippen LogP contribution in [0.3, 0.4) is 0 Å². The molecule has 0 aliphatic carbocycles. The molecule has 0 atom stereocenters. The molecule has 0 radical (unpaired) electrons. The van der Waals surface area contributed by atoms with Crippen molar-refractivity contribution >= 4 is 39.5 Å². The number of aromatic carboxylic acids is 1. The van der Waals surface area contributed by atoms with Crippen molar-refractivity contribution in [3.8, 4) is 0 Å². The lowest BCUT2D eigenvalue weighted by molar-refractivity contribution is 0.0691. The van der Waals surface area contributed by atoms with Crippen LogP contribution in [0.1, 0.15) is 10.5 Å². The number of H-pyrrole nitrogens is 1. The summed E-state index contributed by atoms with van der Waals surface area (Å²) in [5.41, 5.74) is 0.703. The highest BCUT2D eigenvalue weighted by Crippen LogP contribution is 2.21. The molecular weight excluding hydrogens is 300 g/mol. The van der Waals surface area contributed by atoms with Crippen LogP contribution >= 0.6 is 22.6 Å². The summed E-state index contributed by atoms with van der Waals surface area (Å²) in [6.07, 6.45) is 0. The van der Waals surface area contributed by atoms with E-state index in [0.717, 1.165) is 0 Å². The average Bonchev–Trinajstić information content (AvgIpc) is 2.48. The molecule has 0 saturated heterocycles. The number of halogens is 2. The second-order valence-corrected chi connectivity index (χ2v) is 4.00. The average molecular weight is 305 g/mol. The summed E-state index contributed by atoms with van der Waals surface area (Å²) in [5.74, 6) is -1.38. The molecule has 14 heavy (non-hydrogen) atoms. The van der Waals surface area contributed by atoms with Crippen molar-refractivity contribution in [1.82, 2.24) is 4.98 Å². The standard InChI is InChI=1S/C9H5FINO2/c10-5-1-4-2-8(9(13)14)12-7(4)3-6(5)11/h1-3,12H,(H,13,14). The molecule has 3 nitrogen and oxygen atoms in total. The summed E-state index contributed by atoms with van der Waals surface area (Å²) in [5, 5.41) is 9.27. The largest absolute Gasteiger partial charge is 0.477 e. The molecule has 1 aromatic carbocycles. The van der Waals surface area contributed by atoms with Gasteiger partial charge in [-0.05, 0) is 40.8 Å². The Bertz CT molecular complexity index is 482. The second-order valence-electron chi connectivity index (χ2n) is 2.84. The molecule has 0 aliphatic heterocycles. The van der Waals surface area contributed by atoms with E-state index in [2.05, 4.69) is 4.98 Å². The van der Waals surface area contributed by atoms with Gasteiger partial charge >= 0.3 is 5.97 Å². The van der Waals surface area contributed by atoms with Crippen LogP contribution in [0.2, 0.25) is 0 Å². The Labute approximate surface area is 92.1 Å². The molecule has 2 N–H and O–H groups in total. The molecule has 0 bridgehead atoms. The van der Waals surface area contributed by atoms with Gasteiger partial charge in [-0.2, -0.15) is 0 Å². The maximum atomic E-state index is 13.1. The van der Waals surface area contributed by atoms with E-state index in [4.69, 9.17) is 5.11 Å². The zero-order chi connectivity index (χ0) is 10.3. The predicted octanol–water partition coefficient (Wildman–Crippen LogP) is 2.61. The van der Waals surface area contributed by atoms with E-state index >= 15 is 0 Å². The molecule has 0 saturated carbocycles. The van der Waals surface area contributed by atoms with Gasteiger partial charge in [-0.25, -0.2) is 9.18 Å². The number of aromatic nitrogens is 1. The number of fused-ring (bicyclic) bond motifs is 1. The fraction of sp³-hybridized carbons (Fsp3) is 0. The van der Waals surface area contributed by atoms with E-state index in [1.807, 2.05) is 22.6 Å². The normalized spacial score (nSPS) is 10.7. The van der Waals surface area contributed by atoms with Crippen LogP contribution in [0.4, 0.5) is 4.39 Å². The van der Waals surface area contributed by atoms with Gasteiger partial charge in [-0.1, -0.05) is 0 Å². The number of hydrogen-bond acceptors (Lipinski definition) is 1. The maximum absolute atomic E-state index is 13.1. The molecule has 0 amide bonds. The van der Waals surface area contributed by atoms with Gasteiger partial charge in [0.2, 0.25) is 0 Å². The van der Waals surface area contributed by atoms with Crippen molar-refractivity contribution < 1.29 is 14.3 Å². The van der Waals surface area contributed by atoms with Crippen molar-refractivity contribution in [2.45, 2.75) is 0 Å². The molecule has 5 heteroatoms. The van der Waals surface area contributed by atoms with E-state index in [9.17, 15) is 9.18 Å². The van der Waals surface area contributed by atoms with E-state index in [1.165, 1.54) is 12.1 Å². The summed E-state index contributed by atoms with van der Waals surface area (Å²) >= 11 is 1.86.